The highest BCUT2D eigenvalue weighted by molar-refractivity contribution is 7.89. The first-order valence-electron chi connectivity index (χ1n) is 11.4. The minimum atomic E-state index is -3.87. The van der Waals surface area contributed by atoms with E-state index in [1.165, 1.54) is 24.3 Å². The molecule has 12 heteroatoms. The van der Waals surface area contributed by atoms with Gasteiger partial charge in [-0.25, -0.2) is 23.3 Å². The van der Waals surface area contributed by atoms with Crippen molar-refractivity contribution < 1.29 is 37.4 Å². The summed E-state index contributed by atoms with van der Waals surface area (Å²) in [6, 6.07) is 11.0. The zero-order chi connectivity index (χ0) is 27.2. The van der Waals surface area contributed by atoms with Crippen LogP contribution in [0.4, 0.5) is 5.69 Å². The minimum Gasteiger partial charge on any atom is -0.494 e. The normalized spacial score (nSPS) is 15.8. The number of imide groups is 1. The average Bonchev–Trinajstić information content (AvgIpc) is 3.15. The number of hydrogen-bond acceptors (Lipinski definition) is 7. The van der Waals surface area contributed by atoms with E-state index in [0.29, 0.717) is 29.7 Å². The first kappa shape index (κ1) is 27.6. The molecule has 1 aliphatic rings. The molecule has 1 unspecified atom stereocenters. The SMILES string of the molecule is CCCOc1ccc(N2C(=O)CC(N(CCc3ccc(S(N)(=O)=O)cc3)C(=O)C=CC(=O)O)C2=O)cc1. The molecule has 1 atom stereocenters. The molecule has 2 aromatic carbocycles. The lowest BCUT2D eigenvalue weighted by Crippen LogP contribution is -2.46. The number of hydrogen-bond donors (Lipinski definition) is 2. The van der Waals surface area contributed by atoms with Gasteiger partial charge in [0.2, 0.25) is 21.8 Å². The van der Waals surface area contributed by atoms with E-state index in [-0.39, 0.29) is 24.3 Å². The summed E-state index contributed by atoms with van der Waals surface area (Å²) in [5.74, 6) is -2.62. The first-order chi connectivity index (χ1) is 17.5. The summed E-state index contributed by atoms with van der Waals surface area (Å²) in [6.07, 6.45) is 2.24. The van der Waals surface area contributed by atoms with Crippen LogP contribution in [0.5, 0.6) is 5.75 Å². The van der Waals surface area contributed by atoms with Crippen molar-refractivity contribution in [3.63, 3.8) is 0 Å². The van der Waals surface area contributed by atoms with E-state index < -0.39 is 39.8 Å². The van der Waals surface area contributed by atoms with E-state index in [1.807, 2.05) is 6.92 Å². The van der Waals surface area contributed by atoms with Crippen LogP contribution in [-0.2, 0) is 35.6 Å². The number of sulfonamides is 1. The van der Waals surface area contributed by atoms with Crippen LogP contribution in [0.15, 0.2) is 65.6 Å². The molecule has 3 amide bonds. The fourth-order valence-electron chi connectivity index (χ4n) is 3.80. The number of nitrogens with two attached hydrogens (primary N) is 1. The van der Waals surface area contributed by atoms with Crippen molar-refractivity contribution in [2.45, 2.75) is 37.1 Å². The van der Waals surface area contributed by atoms with Crippen LogP contribution in [0.25, 0.3) is 0 Å². The van der Waals surface area contributed by atoms with E-state index in [9.17, 15) is 27.6 Å². The molecule has 1 saturated heterocycles. The Kier molecular flexibility index (Phi) is 8.79. The van der Waals surface area contributed by atoms with Crippen molar-refractivity contribution in [2.75, 3.05) is 18.1 Å². The number of carbonyl (C=O) groups is 4. The smallest absolute Gasteiger partial charge is 0.328 e. The molecule has 3 rings (SSSR count). The molecule has 0 aromatic heterocycles. The van der Waals surface area contributed by atoms with Gasteiger partial charge in [0, 0.05) is 18.7 Å². The Morgan fingerprint density at radius 3 is 2.32 bits per heavy atom. The van der Waals surface area contributed by atoms with Crippen LogP contribution < -0.4 is 14.8 Å². The van der Waals surface area contributed by atoms with Crippen molar-refractivity contribution in [3.8, 4) is 5.75 Å². The highest BCUT2D eigenvalue weighted by Gasteiger charge is 2.44. The van der Waals surface area contributed by atoms with Crippen molar-refractivity contribution >= 4 is 39.4 Å². The summed E-state index contributed by atoms with van der Waals surface area (Å²) < 4.78 is 28.5. The molecule has 196 valence electrons. The molecule has 2 aromatic rings. The number of ether oxygens (including phenoxy) is 1. The number of anilines is 1. The highest BCUT2D eigenvalue weighted by atomic mass is 32.2. The lowest BCUT2D eigenvalue weighted by atomic mass is 10.1. The van der Waals surface area contributed by atoms with Crippen molar-refractivity contribution in [1.82, 2.24) is 4.90 Å². The van der Waals surface area contributed by atoms with Gasteiger partial charge in [-0.05, 0) is 54.8 Å². The van der Waals surface area contributed by atoms with E-state index in [2.05, 4.69) is 0 Å². The molecular weight excluding hydrogens is 502 g/mol. The van der Waals surface area contributed by atoms with Gasteiger partial charge in [0.25, 0.3) is 5.91 Å². The summed E-state index contributed by atoms with van der Waals surface area (Å²) in [6.45, 7) is 2.46. The van der Waals surface area contributed by atoms with Gasteiger partial charge in [-0.1, -0.05) is 19.1 Å². The third kappa shape index (κ3) is 7.02. The molecule has 1 aliphatic heterocycles. The first-order valence-corrected chi connectivity index (χ1v) is 13.0. The summed E-state index contributed by atoms with van der Waals surface area (Å²) in [7, 11) is -3.87. The van der Waals surface area contributed by atoms with E-state index in [4.69, 9.17) is 15.0 Å². The maximum absolute atomic E-state index is 13.3. The predicted octanol–water partition coefficient (Wildman–Crippen LogP) is 1.47. The number of rotatable bonds is 11. The summed E-state index contributed by atoms with van der Waals surface area (Å²) >= 11 is 0. The second kappa shape index (κ2) is 11.8. The predicted molar refractivity (Wildman–Crippen MR) is 133 cm³/mol. The molecule has 0 bridgehead atoms. The third-order valence-electron chi connectivity index (χ3n) is 5.61. The molecule has 3 N–H and O–H groups in total. The number of benzene rings is 2. The molecule has 0 radical (unpaired) electrons. The van der Waals surface area contributed by atoms with Gasteiger partial charge < -0.3 is 14.7 Å². The monoisotopic (exact) mass is 529 g/mol. The number of aliphatic carboxylic acids is 1. The fraction of sp³-hybridized carbons (Fsp3) is 0.280. The quantitative estimate of drug-likeness (QED) is 0.326. The Labute approximate surface area is 214 Å². The molecule has 37 heavy (non-hydrogen) atoms. The Balaban J connectivity index is 1.82. The topological polar surface area (TPSA) is 164 Å². The van der Waals surface area contributed by atoms with E-state index >= 15 is 0 Å². The van der Waals surface area contributed by atoms with Crippen LogP contribution >= 0.6 is 0 Å². The number of amides is 3. The number of carboxylic acids is 1. The standard InChI is InChI=1S/C25H27N3O8S/c1-2-15-36-19-7-5-18(6-8-19)28-23(30)16-21(25(28)33)27(22(29)11-12-24(31)32)14-13-17-3-9-20(10-4-17)37(26,34)35/h3-12,21H,2,13-16H2,1H3,(H,31,32)(H2,26,34,35). The summed E-state index contributed by atoms with van der Waals surface area (Å²) in [4.78, 5) is 51.9. The van der Waals surface area contributed by atoms with Gasteiger partial charge in [0.05, 0.1) is 23.6 Å². The summed E-state index contributed by atoms with van der Waals surface area (Å²) in [5, 5.41) is 14.0. The van der Waals surface area contributed by atoms with Gasteiger partial charge in [0.1, 0.15) is 11.8 Å². The Morgan fingerprint density at radius 2 is 1.76 bits per heavy atom. The van der Waals surface area contributed by atoms with Gasteiger partial charge in [0.15, 0.2) is 0 Å². The molecule has 11 nitrogen and oxygen atoms in total. The molecule has 0 spiro atoms. The summed E-state index contributed by atoms with van der Waals surface area (Å²) in [5.41, 5.74) is 0.970. The number of carboxylic acid groups (broad SMARTS) is 1. The van der Waals surface area contributed by atoms with Crippen LogP contribution in [0.1, 0.15) is 25.3 Å². The largest absolute Gasteiger partial charge is 0.494 e. The van der Waals surface area contributed by atoms with Gasteiger partial charge in [-0.3, -0.25) is 14.4 Å². The second-order valence-corrected chi connectivity index (χ2v) is 9.83. The third-order valence-corrected chi connectivity index (χ3v) is 6.54. The maximum Gasteiger partial charge on any atom is 0.328 e. The molecule has 1 heterocycles. The molecule has 0 aliphatic carbocycles. The maximum atomic E-state index is 13.3. The highest BCUT2D eigenvalue weighted by Crippen LogP contribution is 2.28. The zero-order valence-corrected chi connectivity index (χ0v) is 20.9. The molecule has 0 saturated carbocycles. The average molecular weight is 530 g/mol. The van der Waals surface area contributed by atoms with Crippen LogP contribution in [0.2, 0.25) is 0 Å². The lowest BCUT2D eigenvalue weighted by molar-refractivity contribution is -0.135. The van der Waals surface area contributed by atoms with Crippen molar-refractivity contribution in [2.24, 2.45) is 5.14 Å². The number of nitrogens with zero attached hydrogens (tertiary/aromatic N) is 2. The molecular formula is C25H27N3O8S. The van der Waals surface area contributed by atoms with Gasteiger partial charge in [-0.2, -0.15) is 0 Å². The van der Waals surface area contributed by atoms with Gasteiger partial charge in [-0.15, -0.1) is 0 Å². The lowest BCUT2D eigenvalue weighted by Gasteiger charge is -2.26. The van der Waals surface area contributed by atoms with Crippen LogP contribution in [-0.4, -0.2) is 61.3 Å². The molecule has 1 fully saturated rings. The Hall–Kier alpha value is -4.03. The van der Waals surface area contributed by atoms with E-state index in [0.717, 1.165) is 22.3 Å². The van der Waals surface area contributed by atoms with Crippen LogP contribution in [0, 0.1) is 0 Å². The number of carbonyl (C=O) groups excluding carboxylic acids is 3. The van der Waals surface area contributed by atoms with Crippen LogP contribution in [0.3, 0.4) is 0 Å². The van der Waals surface area contributed by atoms with Crippen molar-refractivity contribution in [3.05, 3.63) is 66.2 Å². The Morgan fingerprint density at radius 1 is 1.11 bits per heavy atom. The number of primary sulfonamides is 1. The van der Waals surface area contributed by atoms with E-state index in [1.54, 1.807) is 24.3 Å². The second-order valence-electron chi connectivity index (χ2n) is 8.27. The Bertz CT molecular complexity index is 1300. The zero-order valence-electron chi connectivity index (χ0n) is 20.1. The van der Waals surface area contributed by atoms with Gasteiger partial charge >= 0.3 is 5.97 Å². The fourth-order valence-corrected chi connectivity index (χ4v) is 4.31. The minimum absolute atomic E-state index is 0.0289. The van der Waals surface area contributed by atoms with Crippen molar-refractivity contribution in [1.29, 1.82) is 0 Å².